The summed E-state index contributed by atoms with van der Waals surface area (Å²) in [5.41, 5.74) is 2.03. The van der Waals surface area contributed by atoms with Gasteiger partial charge >= 0.3 is 5.97 Å². The standard InChI is InChI=1S/C23H18FNO4/c24-19-10-6-16(7-11-19)14-22(27)29-15-21(26)17-8-12-20(13-9-17)25-23(28)18-4-2-1-3-5-18/h1-13H,14-15H2,(H,25,28). The second-order valence-corrected chi connectivity index (χ2v) is 6.28. The lowest BCUT2D eigenvalue weighted by Crippen LogP contribution is -2.16. The fraction of sp³-hybridized carbons (Fsp3) is 0.0870. The minimum atomic E-state index is -0.572. The molecule has 0 aliphatic heterocycles. The van der Waals surface area contributed by atoms with Gasteiger partial charge in [-0.1, -0.05) is 30.3 Å². The molecule has 3 aromatic rings. The zero-order valence-corrected chi connectivity index (χ0v) is 15.4. The molecular formula is C23H18FNO4. The Hall–Kier alpha value is -3.80. The van der Waals surface area contributed by atoms with Crippen LogP contribution in [0.3, 0.4) is 0 Å². The first-order valence-corrected chi connectivity index (χ1v) is 8.91. The Morgan fingerprint density at radius 2 is 1.45 bits per heavy atom. The van der Waals surface area contributed by atoms with Gasteiger partial charge in [0, 0.05) is 16.8 Å². The van der Waals surface area contributed by atoms with Crippen molar-refractivity contribution < 1.29 is 23.5 Å². The van der Waals surface area contributed by atoms with E-state index in [0.717, 1.165) is 0 Å². The van der Waals surface area contributed by atoms with E-state index in [1.165, 1.54) is 24.3 Å². The summed E-state index contributed by atoms with van der Waals surface area (Å²) in [7, 11) is 0. The number of hydrogen-bond donors (Lipinski definition) is 1. The van der Waals surface area contributed by atoms with Crippen molar-refractivity contribution in [2.45, 2.75) is 6.42 Å². The number of Topliss-reactive ketones (excluding diaryl/α,β-unsaturated/α-hetero) is 1. The summed E-state index contributed by atoms with van der Waals surface area (Å²) >= 11 is 0. The highest BCUT2D eigenvalue weighted by Crippen LogP contribution is 2.12. The Labute approximate surface area is 167 Å². The molecular weight excluding hydrogens is 373 g/mol. The quantitative estimate of drug-likeness (QED) is 0.487. The number of hydrogen-bond acceptors (Lipinski definition) is 4. The molecule has 0 heterocycles. The van der Waals surface area contributed by atoms with Crippen LogP contribution < -0.4 is 5.32 Å². The summed E-state index contributed by atoms with van der Waals surface area (Å²) in [5.74, 6) is -1.57. The number of esters is 1. The van der Waals surface area contributed by atoms with E-state index in [2.05, 4.69) is 5.32 Å². The van der Waals surface area contributed by atoms with Crippen molar-refractivity contribution in [3.05, 3.63) is 101 Å². The molecule has 0 saturated carbocycles. The van der Waals surface area contributed by atoms with Gasteiger partial charge in [0.2, 0.25) is 0 Å². The molecule has 0 aliphatic carbocycles. The van der Waals surface area contributed by atoms with Crippen LogP contribution in [0.1, 0.15) is 26.3 Å². The lowest BCUT2D eigenvalue weighted by molar-refractivity contribution is -0.141. The maximum Gasteiger partial charge on any atom is 0.310 e. The number of amides is 1. The summed E-state index contributed by atoms with van der Waals surface area (Å²) in [6.45, 7) is -0.393. The number of halogens is 1. The summed E-state index contributed by atoms with van der Waals surface area (Å²) in [5, 5.41) is 2.74. The molecule has 0 aliphatic rings. The zero-order chi connectivity index (χ0) is 20.6. The average molecular weight is 391 g/mol. The number of benzene rings is 3. The molecule has 0 radical (unpaired) electrons. The second kappa shape index (κ2) is 9.41. The molecule has 0 spiro atoms. The van der Waals surface area contributed by atoms with Gasteiger partial charge in [0.05, 0.1) is 6.42 Å². The number of carbonyl (C=O) groups is 3. The summed E-state index contributed by atoms with van der Waals surface area (Å²) < 4.78 is 17.9. The minimum Gasteiger partial charge on any atom is -0.457 e. The maximum atomic E-state index is 12.9. The molecule has 0 saturated heterocycles. The monoisotopic (exact) mass is 391 g/mol. The molecule has 0 aromatic heterocycles. The first-order chi connectivity index (χ1) is 14.0. The molecule has 1 amide bonds. The topological polar surface area (TPSA) is 72.5 Å². The Morgan fingerprint density at radius 1 is 0.793 bits per heavy atom. The van der Waals surface area contributed by atoms with E-state index in [-0.39, 0.29) is 23.9 Å². The average Bonchev–Trinajstić information content (AvgIpc) is 2.75. The highest BCUT2D eigenvalue weighted by atomic mass is 19.1. The van der Waals surface area contributed by atoms with E-state index in [4.69, 9.17) is 4.74 Å². The van der Waals surface area contributed by atoms with Gasteiger partial charge in [-0.2, -0.15) is 0 Å². The van der Waals surface area contributed by atoms with Crippen LogP contribution in [0.25, 0.3) is 0 Å². The molecule has 146 valence electrons. The van der Waals surface area contributed by atoms with E-state index in [1.807, 2.05) is 6.07 Å². The first kappa shape index (κ1) is 19.9. The SMILES string of the molecule is O=C(Cc1ccc(F)cc1)OCC(=O)c1ccc(NC(=O)c2ccccc2)cc1. The summed E-state index contributed by atoms with van der Waals surface area (Å²) in [6, 6.07) is 20.6. The van der Waals surface area contributed by atoms with Crippen molar-refractivity contribution >= 4 is 23.3 Å². The van der Waals surface area contributed by atoms with Crippen LogP contribution in [0.15, 0.2) is 78.9 Å². The van der Waals surface area contributed by atoms with Crippen LogP contribution in [0, 0.1) is 5.82 Å². The lowest BCUT2D eigenvalue weighted by atomic mass is 10.1. The normalized spacial score (nSPS) is 10.2. The highest BCUT2D eigenvalue weighted by Gasteiger charge is 2.12. The number of ketones is 1. The third-order valence-electron chi connectivity index (χ3n) is 4.13. The molecule has 0 bridgehead atoms. The predicted octanol–water partition coefficient (Wildman–Crippen LogP) is 4.05. The Balaban J connectivity index is 1.50. The van der Waals surface area contributed by atoms with Crippen molar-refractivity contribution in [1.29, 1.82) is 0 Å². The van der Waals surface area contributed by atoms with E-state index >= 15 is 0 Å². The van der Waals surface area contributed by atoms with Gasteiger partial charge in [-0.15, -0.1) is 0 Å². The van der Waals surface area contributed by atoms with Gasteiger partial charge in [0.15, 0.2) is 12.4 Å². The van der Waals surface area contributed by atoms with Crippen molar-refractivity contribution in [2.75, 3.05) is 11.9 Å². The van der Waals surface area contributed by atoms with Gasteiger partial charge < -0.3 is 10.1 Å². The maximum absolute atomic E-state index is 12.9. The smallest absolute Gasteiger partial charge is 0.310 e. The van der Waals surface area contributed by atoms with Gasteiger partial charge in [0.25, 0.3) is 5.91 Å². The molecule has 0 unspecified atom stereocenters. The lowest BCUT2D eigenvalue weighted by Gasteiger charge is -2.07. The van der Waals surface area contributed by atoms with Crippen molar-refractivity contribution in [3.63, 3.8) is 0 Å². The van der Waals surface area contributed by atoms with Crippen LogP contribution >= 0.6 is 0 Å². The Bertz CT molecular complexity index is 999. The number of carbonyl (C=O) groups excluding carboxylic acids is 3. The van der Waals surface area contributed by atoms with Crippen molar-refractivity contribution in [2.24, 2.45) is 0 Å². The van der Waals surface area contributed by atoms with Crippen LogP contribution in [-0.2, 0) is 16.0 Å². The molecule has 0 fully saturated rings. The van der Waals surface area contributed by atoms with E-state index in [1.54, 1.807) is 48.5 Å². The molecule has 3 aromatic carbocycles. The van der Waals surface area contributed by atoms with E-state index in [9.17, 15) is 18.8 Å². The molecule has 6 heteroatoms. The molecule has 5 nitrogen and oxygen atoms in total. The number of nitrogens with one attached hydrogen (secondary N) is 1. The minimum absolute atomic E-state index is 0.0436. The Kier molecular flexibility index (Phi) is 6.47. The molecule has 1 N–H and O–H groups in total. The van der Waals surface area contributed by atoms with Gasteiger partial charge in [-0.05, 0) is 54.1 Å². The third kappa shape index (κ3) is 5.84. The summed E-state index contributed by atoms with van der Waals surface area (Å²) in [6.07, 6.45) is -0.0436. The van der Waals surface area contributed by atoms with Gasteiger partial charge in [-0.3, -0.25) is 14.4 Å². The number of ether oxygens (including phenoxy) is 1. The van der Waals surface area contributed by atoms with Crippen LogP contribution in [0.4, 0.5) is 10.1 Å². The van der Waals surface area contributed by atoms with E-state index in [0.29, 0.717) is 22.4 Å². The Morgan fingerprint density at radius 3 is 2.10 bits per heavy atom. The largest absolute Gasteiger partial charge is 0.457 e. The fourth-order valence-electron chi connectivity index (χ4n) is 2.58. The number of anilines is 1. The van der Waals surface area contributed by atoms with Crippen LogP contribution in [-0.4, -0.2) is 24.3 Å². The zero-order valence-electron chi connectivity index (χ0n) is 15.4. The highest BCUT2D eigenvalue weighted by molar-refractivity contribution is 6.04. The number of rotatable bonds is 7. The molecule has 3 rings (SSSR count). The van der Waals surface area contributed by atoms with E-state index < -0.39 is 12.6 Å². The van der Waals surface area contributed by atoms with Crippen LogP contribution in [0.2, 0.25) is 0 Å². The van der Waals surface area contributed by atoms with Crippen molar-refractivity contribution in [1.82, 2.24) is 0 Å². The van der Waals surface area contributed by atoms with Gasteiger partial charge in [-0.25, -0.2) is 4.39 Å². The predicted molar refractivity (Wildman–Crippen MR) is 106 cm³/mol. The third-order valence-corrected chi connectivity index (χ3v) is 4.13. The molecule has 29 heavy (non-hydrogen) atoms. The first-order valence-electron chi connectivity index (χ1n) is 8.91. The second-order valence-electron chi connectivity index (χ2n) is 6.28. The molecule has 0 atom stereocenters. The summed E-state index contributed by atoms with van der Waals surface area (Å²) in [4.78, 5) is 36.1. The van der Waals surface area contributed by atoms with Crippen LogP contribution in [0.5, 0.6) is 0 Å². The fourth-order valence-corrected chi connectivity index (χ4v) is 2.58. The van der Waals surface area contributed by atoms with Gasteiger partial charge in [0.1, 0.15) is 5.82 Å². The van der Waals surface area contributed by atoms with Crippen molar-refractivity contribution in [3.8, 4) is 0 Å².